The Bertz CT molecular complexity index is 924. The van der Waals surface area contributed by atoms with Gasteiger partial charge < -0.3 is 16.2 Å². The number of carbonyl (C=O) groups excluding carboxylic acids is 1. The highest BCUT2D eigenvalue weighted by molar-refractivity contribution is 6.10. The second-order valence-corrected chi connectivity index (χ2v) is 6.22. The molecule has 4 N–H and O–H groups in total. The second kappa shape index (κ2) is 5.85. The standard InChI is InChI=1S/C17H21N5O2/c1-4-19-9-12-21-13-14(22(12)16(23)17(2,3)24)10-7-5-6-8-11(10)20-15(13)18/h5-8,19,24H,4,9H2,1-3H3,(H2,18,20). The Balaban J connectivity index is 2.41. The van der Waals surface area contributed by atoms with Gasteiger partial charge >= 0.3 is 0 Å². The van der Waals surface area contributed by atoms with Gasteiger partial charge in [-0.1, -0.05) is 25.1 Å². The number of pyridine rings is 1. The number of hydrogen-bond donors (Lipinski definition) is 3. The van der Waals surface area contributed by atoms with Crippen molar-refractivity contribution in [2.75, 3.05) is 12.3 Å². The molecular weight excluding hydrogens is 306 g/mol. The summed E-state index contributed by atoms with van der Waals surface area (Å²) in [7, 11) is 0. The number of nitrogens with two attached hydrogens (primary N) is 1. The fraction of sp³-hybridized carbons (Fsp3) is 0.353. The van der Waals surface area contributed by atoms with Crippen LogP contribution in [0.25, 0.3) is 21.9 Å². The lowest BCUT2D eigenvalue weighted by atomic mass is 10.1. The average molecular weight is 327 g/mol. The molecule has 0 amide bonds. The van der Waals surface area contributed by atoms with E-state index in [9.17, 15) is 9.90 Å². The normalized spacial score (nSPS) is 12.2. The predicted molar refractivity (Wildman–Crippen MR) is 93.8 cm³/mol. The molecule has 0 aliphatic heterocycles. The Labute approximate surface area is 139 Å². The molecule has 0 atom stereocenters. The smallest absolute Gasteiger partial charge is 0.263 e. The molecule has 7 heteroatoms. The molecule has 1 aromatic carbocycles. The van der Waals surface area contributed by atoms with Gasteiger partial charge in [-0.05, 0) is 26.5 Å². The molecule has 0 fully saturated rings. The third-order valence-corrected chi connectivity index (χ3v) is 3.85. The maximum absolute atomic E-state index is 12.9. The number of aromatic nitrogens is 3. The maximum Gasteiger partial charge on any atom is 0.263 e. The zero-order valence-corrected chi connectivity index (χ0v) is 14.0. The highest BCUT2D eigenvalue weighted by atomic mass is 16.3. The van der Waals surface area contributed by atoms with Crippen molar-refractivity contribution in [2.45, 2.75) is 32.9 Å². The first-order valence-electron chi connectivity index (χ1n) is 7.88. The topological polar surface area (TPSA) is 106 Å². The average Bonchev–Trinajstić information content (AvgIpc) is 2.91. The van der Waals surface area contributed by atoms with E-state index >= 15 is 0 Å². The first kappa shape index (κ1) is 16.4. The van der Waals surface area contributed by atoms with E-state index in [2.05, 4.69) is 15.3 Å². The summed E-state index contributed by atoms with van der Waals surface area (Å²) in [6.07, 6.45) is 0. The Morgan fingerprint density at radius 1 is 1.33 bits per heavy atom. The summed E-state index contributed by atoms with van der Waals surface area (Å²) in [5.74, 6) is 0.321. The van der Waals surface area contributed by atoms with Crippen molar-refractivity contribution < 1.29 is 9.90 Å². The quantitative estimate of drug-likeness (QED) is 0.673. The lowest BCUT2D eigenvalue weighted by Gasteiger charge is -2.18. The van der Waals surface area contributed by atoms with Crippen molar-refractivity contribution in [1.29, 1.82) is 0 Å². The van der Waals surface area contributed by atoms with Crippen LogP contribution in [-0.4, -0.2) is 37.7 Å². The molecule has 2 heterocycles. The molecule has 24 heavy (non-hydrogen) atoms. The summed E-state index contributed by atoms with van der Waals surface area (Å²) in [6, 6.07) is 7.44. The molecule has 0 spiro atoms. The van der Waals surface area contributed by atoms with Gasteiger partial charge in [0.25, 0.3) is 5.91 Å². The maximum atomic E-state index is 12.9. The van der Waals surface area contributed by atoms with Crippen LogP contribution < -0.4 is 11.1 Å². The molecule has 3 aromatic rings. The Morgan fingerprint density at radius 3 is 2.71 bits per heavy atom. The minimum atomic E-state index is -1.53. The molecule has 0 radical (unpaired) electrons. The van der Waals surface area contributed by atoms with Crippen LogP contribution in [0, 0.1) is 0 Å². The third-order valence-electron chi connectivity index (χ3n) is 3.85. The first-order chi connectivity index (χ1) is 11.3. The minimum absolute atomic E-state index is 0.267. The van der Waals surface area contributed by atoms with Crippen molar-refractivity contribution in [3.05, 3.63) is 30.1 Å². The molecule has 3 rings (SSSR count). The largest absolute Gasteiger partial charge is 0.382 e. The molecule has 0 bridgehead atoms. The lowest BCUT2D eigenvalue weighted by molar-refractivity contribution is 0.0393. The van der Waals surface area contributed by atoms with Gasteiger partial charge in [-0.15, -0.1) is 0 Å². The summed E-state index contributed by atoms with van der Waals surface area (Å²) < 4.78 is 1.46. The summed E-state index contributed by atoms with van der Waals surface area (Å²) in [6.45, 7) is 6.02. The first-order valence-corrected chi connectivity index (χ1v) is 7.88. The number of rotatable bonds is 4. The Hall–Kier alpha value is -2.51. The van der Waals surface area contributed by atoms with E-state index in [-0.39, 0.29) is 5.82 Å². The molecule has 0 saturated carbocycles. The van der Waals surface area contributed by atoms with Gasteiger partial charge in [0.05, 0.1) is 17.6 Å². The minimum Gasteiger partial charge on any atom is -0.382 e. The van der Waals surface area contributed by atoms with Gasteiger partial charge in [0.2, 0.25) is 0 Å². The van der Waals surface area contributed by atoms with Crippen LogP contribution in [0.1, 0.15) is 31.4 Å². The number of nitrogens with one attached hydrogen (secondary N) is 1. The van der Waals surface area contributed by atoms with Crippen LogP contribution in [-0.2, 0) is 6.54 Å². The van der Waals surface area contributed by atoms with E-state index in [1.165, 1.54) is 18.4 Å². The van der Waals surface area contributed by atoms with E-state index in [0.717, 1.165) is 11.9 Å². The van der Waals surface area contributed by atoms with Crippen LogP contribution >= 0.6 is 0 Å². The van der Waals surface area contributed by atoms with Gasteiger partial charge in [0, 0.05) is 5.39 Å². The number of carbonyl (C=O) groups is 1. The fourth-order valence-electron chi connectivity index (χ4n) is 2.70. The highest BCUT2D eigenvalue weighted by Gasteiger charge is 2.30. The van der Waals surface area contributed by atoms with E-state index in [0.29, 0.717) is 28.9 Å². The molecular formula is C17H21N5O2. The lowest BCUT2D eigenvalue weighted by Crippen LogP contribution is -2.37. The zero-order valence-electron chi connectivity index (χ0n) is 14.0. The SMILES string of the molecule is CCNCc1nc2c(N)nc3ccccc3c2n1C(=O)C(C)(C)O. The summed E-state index contributed by atoms with van der Waals surface area (Å²) >= 11 is 0. The van der Waals surface area contributed by atoms with Gasteiger partial charge in [0.1, 0.15) is 16.9 Å². The summed E-state index contributed by atoms with van der Waals surface area (Å²) in [4.78, 5) is 21.7. The molecule has 0 saturated heterocycles. The number of anilines is 1. The van der Waals surface area contributed by atoms with Crippen LogP contribution in [0.15, 0.2) is 24.3 Å². The third kappa shape index (κ3) is 2.61. The van der Waals surface area contributed by atoms with Gasteiger partial charge in [-0.3, -0.25) is 9.36 Å². The number of nitrogen functional groups attached to an aromatic ring is 1. The van der Waals surface area contributed by atoms with E-state index in [4.69, 9.17) is 5.73 Å². The zero-order chi connectivity index (χ0) is 17.5. The molecule has 126 valence electrons. The number of para-hydroxylation sites is 1. The number of aliphatic hydroxyl groups is 1. The van der Waals surface area contributed by atoms with Crippen LogP contribution in [0.2, 0.25) is 0 Å². The second-order valence-electron chi connectivity index (χ2n) is 6.22. The van der Waals surface area contributed by atoms with E-state index < -0.39 is 11.5 Å². The van der Waals surface area contributed by atoms with Gasteiger partial charge in [-0.2, -0.15) is 0 Å². The van der Waals surface area contributed by atoms with Crippen molar-refractivity contribution >= 4 is 33.7 Å². The van der Waals surface area contributed by atoms with Crippen LogP contribution in [0.4, 0.5) is 5.82 Å². The Morgan fingerprint density at radius 2 is 2.04 bits per heavy atom. The van der Waals surface area contributed by atoms with E-state index in [1.807, 2.05) is 31.2 Å². The molecule has 0 unspecified atom stereocenters. The van der Waals surface area contributed by atoms with Gasteiger partial charge in [-0.25, -0.2) is 9.97 Å². The number of benzene rings is 1. The number of hydrogen-bond acceptors (Lipinski definition) is 6. The van der Waals surface area contributed by atoms with Gasteiger partial charge in [0.15, 0.2) is 5.82 Å². The number of imidazole rings is 1. The fourth-order valence-corrected chi connectivity index (χ4v) is 2.70. The Kier molecular flexibility index (Phi) is 3.98. The van der Waals surface area contributed by atoms with E-state index in [1.54, 1.807) is 0 Å². The van der Waals surface area contributed by atoms with Crippen molar-refractivity contribution in [3.63, 3.8) is 0 Å². The van der Waals surface area contributed by atoms with Crippen molar-refractivity contribution in [1.82, 2.24) is 19.9 Å². The summed E-state index contributed by atoms with van der Waals surface area (Å²) in [5, 5.41) is 14.2. The highest BCUT2D eigenvalue weighted by Crippen LogP contribution is 2.29. The molecule has 2 aromatic heterocycles. The predicted octanol–water partition coefficient (Wildman–Crippen LogP) is 1.69. The monoisotopic (exact) mass is 327 g/mol. The van der Waals surface area contributed by atoms with Crippen molar-refractivity contribution in [3.8, 4) is 0 Å². The number of nitrogens with zero attached hydrogens (tertiary/aromatic N) is 3. The molecule has 7 nitrogen and oxygen atoms in total. The van der Waals surface area contributed by atoms with Crippen LogP contribution in [0.3, 0.4) is 0 Å². The molecule has 0 aliphatic carbocycles. The van der Waals surface area contributed by atoms with Crippen molar-refractivity contribution in [2.24, 2.45) is 0 Å². The number of fused-ring (bicyclic) bond motifs is 3. The van der Waals surface area contributed by atoms with Crippen LogP contribution in [0.5, 0.6) is 0 Å². The summed E-state index contributed by atoms with van der Waals surface area (Å²) in [5.41, 5.74) is 6.26. The molecule has 0 aliphatic rings.